The number of rotatable bonds is 17. The van der Waals surface area contributed by atoms with Gasteiger partial charge in [-0.15, -0.1) is 0 Å². The molecule has 1 unspecified atom stereocenters. The lowest BCUT2D eigenvalue weighted by atomic mass is 9.84. The maximum absolute atomic E-state index is 16.1. The molecule has 0 saturated heterocycles. The first-order valence-corrected chi connectivity index (χ1v) is 20.8. The van der Waals surface area contributed by atoms with E-state index in [9.17, 15) is 8.78 Å². The van der Waals surface area contributed by atoms with Crippen LogP contribution in [0.25, 0.3) is 28.3 Å². The molecular weight excluding hydrogens is 791 g/mol. The van der Waals surface area contributed by atoms with E-state index in [2.05, 4.69) is 13.2 Å². The van der Waals surface area contributed by atoms with Crippen molar-refractivity contribution in [2.75, 3.05) is 4.90 Å². The van der Waals surface area contributed by atoms with Gasteiger partial charge in [0.15, 0.2) is 11.6 Å². The van der Waals surface area contributed by atoms with Gasteiger partial charge in [-0.25, -0.2) is 13.2 Å². The van der Waals surface area contributed by atoms with Gasteiger partial charge in [0.25, 0.3) is 0 Å². The Balaban J connectivity index is 1.23. The van der Waals surface area contributed by atoms with Gasteiger partial charge in [-0.3, -0.25) is 0 Å². The minimum absolute atomic E-state index is 0.136. The maximum Gasteiger partial charge on any atom is 0.201 e. The molecule has 0 aliphatic heterocycles. The van der Waals surface area contributed by atoms with E-state index in [1.807, 2.05) is 145 Å². The number of nitrogens with zero attached hydrogens (tertiary/aromatic N) is 1. The highest BCUT2D eigenvalue weighted by atomic mass is 19.2. The zero-order valence-electron chi connectivity index (χ0n) is 35.2. The summed E-state index contributed by atoms with van der Waals surface area (Å²) >= 11 is 0. The first kappa shape index (κ1) is 43.6. The van der Waals surface area contributed by atoms with Crippen LogP contribution in [0.15, 0.2) is 213 Å². The highest BCUT2D eigenvalue weighted by molar-refractivity contribution is 5.76. The Labute approximate surface area is 367 Å². The van der Waals surface area contributed by atoms with Crippen LogP contribution >= 0.6 is 0 Å². The second-order valence-electron chi connectivity index (χ2n) is 14.9. The summed E-state index contributed by atoms with van der Waals surface area (Å²) in [5.74, 6) is -2.86. The Hall–Kier alpha value is -7.44. The van der Waals surface area contributed by atoms with Crippen molar-refractivity contribution in [3.8, 4) is 33.8 Å². The fraction of sp³-hybridized carbons (Fsp3) is 0.0877. The Morgan fingerprint density at radius 1 is 0.698 bits per heavy atom. The Bertz CT molecular complexity index is 2770. The van der Waals surface area contributed by atoms with Crippen LogP contribution in [0.3, 0.4) is 0 Å². The lowest BCUT2D eigenvalue weighted by Crippen LogP contribution is -2.08. The molecule has 1 atom stereocenters. The molecule has 0 aromatic heterocycles. The highest BCUT2D eigenvalue weighted by Gasteiger charge is 2.37. The van der Waals surface area contributed by atoms with E-state index in [1.165, 1.54) is 24.3 Å². The van der Waals surface area contributed by atoms with E-state index in [-0.39, 0.29) is 11.6 Å². The molecule has 0 spiro atoms. The molecule has 0 N–H and O–H groups in total. The minimum Gasteiger partial charge on any atom is -0.454 e. The quantitative estimate of drug-likeness (QED) is 0.0669. The van der Waals surface area contributed by atoms with Crippen LogP contribution < -0.4 is 9.64 Å². The molecule has 0 fully saturated rings. The van der Waals surface area contributed by atoms with E-state index < -0.39 is 23.4 Å². The molecule has 0 radical (unpaired) electrons. The number of anilines is 2. The topological polar surface area (TPSA) is 12.5 Å². The van der Waals surface area contributed by atoms with Crippen LogP contribution in [0.4, 0.5) is 28.9 Å². The molecule has 0 amide bonds. The van der Waals surface area contributed by atoms with Gasteiger partial charge in [0, 0.05) is 35.5 Å². The molecule has 1 aliphatic carbocycles. The first-order chi connectivity index (χ1) is 30.7. The van der Waals surface area contributed by atoms with Gasteiger partial charge in [-0.2, -0.15) is 4.39 Å². The fourth-order valence-electron chi connectivity index (χ4n) is 7.51. The van der Waals surface area contributed by atoms with Crippen molar-refractivity contribution in [2.24, 2.45) is 0 Å². The van der Waals surface area contributed by atoms with Gasteiger partial charge in [0.2, 0.25) is 5.82 Å². The summed E-state index contributed by atoms with van der Waals surface area (Å²) in [6, 6.07) is 38.9. The smallest absolute Gasteiger partial charge is 0.201 e. The van der Waals surface area contributed by atoms with Gasteiger partial charge in [0.05, 0.1) is 0 Å². The molecule has 0 heterocycles. The summed E-state index contributed by atoms with van der Waals surface area (Å²) in [6.45, 7) is 11.1. The van der Waals surface area contributed by atoms with Crippen LogP contribution in [-0.4, -0.2) is 0 Å². The lowest BCUT2D eigenvalue weighted by Gasteiger charge is -2.23. The summed E-state index contributed by atoms with van der Waals surface area (Å²) in [5.41, 5.74) is 9.81. The van der Waals surface area contributed by atoms with Gasteiger partial charge >= 0.3 is 0 Å². The summed E-state index contributed by atoms with van der Waals surface area (Å²) in [4.78, 5) is 1.90. The second kappa shape index (κ2) is 20.4. The standard InChI is InChI=1S/C57H47F4NO/c1-5-9-10-17-51(54-52-38-53(52)55(60)56(61)57(54)63-48-34-21-39(8-4)22-35-48)50-16-12-11-15-49(50)43-27-32-47(33-28-43)62(37-36-45(59)14-7-3)46-30-25-42(26-31-46)41-23-18-40(19-24-41)20-29-44(58)13-6-2/h5-19,21-37,51H,3-4,20,38H2,1-2H3/b9-5-,13-6-,17-10-,37-36-,44-29+,45-14+. The SMILES string of the molecule is C=C/C=C(F)\C=C/N(c1ccc(-c2ccc(C/C=C(F)\C=C/C)cc2)cc1)c1ccc(-c2ccccc2C(/C=C\C=C/C)c2c3c(c(F)c(F)c2Oc2ccc(C=C)cc2)C3)cc1. The van der Waals surface area contributed by atoms with Crippen molar-refractivity contribution in [1.29, 1.82) is 0 Å². The number of hydrogen-bond donors (Lipinski definition) is 0. The molecule has 0 saturated carbocycles. The average Bonchev–Trinajstić information content (AvgIpc) is 4.12. The van der Waals surface area contributed by atoms with Crippen molar-refractivity contribution in [3.05, 3.63) is 258 Å². The van der Waals surface area contributed by atoms with Crippen LogP contribution in [-0.2, 0) is 12.8 Å². The molecule has 6 aromatic rings. The van der Waals surface area contributed by atoms with E-state index >= 15 is 8.78 Å². The lowest BCUT2D eigenvalue weighted by molar-refractivity contribution is 0.411. The molecule has 63 heavy (non-hydrogen) atoms. The van der Waals surface area contributed by atoms with Gasteiger partial charge in [-0.05, 0) is 131 Å². The Kier molecular flexibility index (Phi) is 14.1. The summed E-state index contributed by atoms with van der Waals surface area (Å²) in [7, 11) is 0. The molecule has 314 valence electrons. The zero-order valence-corrected chi connectivity index (χ0v) is 35.2. The molecule has 6 heteroatoms. The number of allylic oxidation sites excluding steroid dienone is 12. The van der Waals surface area contributed by atoms with Crippen LogP contribution in [0.2, 0.25) is 0 Å². The molecule has 1 aliphatic rings. The van der Waals surface area contributed by atoms with E-state index in [0.29, 0.717) is 29.7 Å². The fourth-order valence-corrected chi connectivity index (χ4v) is 7.51. The van der Waals surface area contributed by atoms with Crippen LogP contribution in [0.1, 0.15) is 53.1 Å². The third kappa shape index (κ3) is 10.4. The number of hydrogen-bond acceptors (Lipinski definition) is 2. The van der Waals surface area contributed by atoms with Crippen molar-refractivity contribution in [2.45, 2.75) is 32.6 Å². The van der Waals surface area contributed by atoms with Gasteiger partial charge < -0.3 is 9.64 Å². The second-order valence-corrected chi connectivity index (χ2v) is 14.9. The van der Waals surface area contributed by atoms with Crippen molar-refractivity contribution in [3.63, 3.8) is 0 Å². The molecule has 7 rings (SSSR count). The monoisotopic (exact) mass is 837 g/mol. The Morgan fingerprint density at radius 3 is 1.98 bits per heavy atom. The van der Waals surface area contributed by atoms with Gasteiger partial charge in [0.1, 0.15) is 17.4 Å². The largest absolute Gasteiger partial charge is 0.454 e. The summed E-state index contributed by atoms with van der Waals surface area (Å²) < 4.78 is 66.3. The average molecular weight is 838 g/mol. The molecule has 0 bridgehead atoms. The first-order valence-electron chi connectivity index (χ1n) is 20.8. The van der Waals surface area contributed by atoms with Crippen molar-refractivity contribution < 1.29 is 22.3 Å². The Morgan fingerprint density at radius 2 is 1.35 bits per heavy atom. The van der Waals surface area contributed by atoms with E-state index in [0.717, 1.165) is 55.9 Å². The van der Waals surface area contributed by atoms with E-state index in [1.54, 1.807) is 43.5 Å². The highest BCUT2D eigenvalue weighted by Crippen LogP contribution is 2.50. The number of fused-ring (bicyclic) bond motifs is 1. The number of ether oxygens (including phenoxy) is 1. The van der Waals surface area contributed by atoms with Crippen LogP contribution in [0.5, 0.6) is 11.5 Å². The summed E-state index contributed by atoms with van der Waals surface area (Å²) in [5, 5.41) is 0. The summed E-state index contributed by atoms with van der Waals surface area (Å²) in [6.07, 6.45) is 20.7. The maximum atomic E-state index is 16.1. The molecular formula is C57H47F4NO. The third-order valence-electron chi connectivity index (χ3n) is 10.8. The number of benzene rings is 6. The molecule has 6 aromatic carbocycles. The normalized spacial score (nSPS) is 13.2. The predicted octanol–water partition coefficient (Wildman–Crippen LogP) is 16.6. The van der Waals surface area contributed by atoms with E-state index in [4.69, 9.17) is 4.74 Å². The predicted molar refractivity (Wildman–Crippen MR) is 254 cm³/mol. The number of halogens is 4. The zero-order chi connectivity index (χ0) is 44.3. The minimum atomic E-state index is -1.01. The van der Waals surface area contributed by atoms with Gasteiger partial charge in [-0.1, -0.05) is 141 Å². The van der Waals surface area contributed by atoms with Crippen molar-refractivity contribution in [1.82, 2.24) is 0 Å². The third-order valence-corrected chi connectivity index (χ3v) is 10.8. The van der Waals surface area contributed by atoms with Crippen LogP contribution in [0, 0.1) is 11.6 Å². The molecule has 2 nitrogen and oxygen atoms in total. The van der Waals surface area contributed by atoms with Crippen molar-refractivity contribution >= 4 is 17.5 Å².